The summed E-state index contributed by atoms with van der Waals surface area (Å²) in [5.41, 5.74) is 1.44. The molecule has 1 aromatic heterocycles. The summed E-state index contributed by atoms with van der Waals surface area (Å²) in [4.78, 5) is 14.4. The smallest absolute Gasteiger partial charge is 0.252 e. The van der Waals surface area contributed by atoms with Gasteiger partial charge in [0.05, 0.1) is 12.7 Å². The van der Waals surface area contributed by atoms with Crippen molar-refractivity contribution >= 4 is 17.2 Å². The molecule has 2 aromatic rings. The van der Waals surface area contributed by atoms with E-state index in [4.69, 9.17) is 4.74 Å². The Bertz CT molecular complexity index is 737. The highest BCUT2D eigenvalue weighted by molar-refractivity contribution is 7.08. The summed E-state index contributed by atoms with van der Waals surface area (Å²) in [5, 5.41) is 6.78. The quantitative estimate of drug-likeness (QED) is 0.892. The van der Waals surface area contributed by atoms with Crippen molar-refractivity contribution in [1.82, 2.24) is 10.2 Å². The van der Waals surface area contributed by atoms with Gasteiger partial charge in [-0.1, -0.05) is 18.2 Å². The number of halogens is 1. The molecule has 4 rings (SSSR count). The highest BCUT2D eigenvalue weighted by Crippen LogP contribution is 2.34. The van der Waals surface area contributed by atoms with Gasteiger partial charge in [0, 0.05) is 54.5 Å². The summed E-state index contributed by atoms with van der Waals surface area (Å²) < 4.78 is 19.8. The first-order valence-electron chi connectivity index (χ1n) is 8.58. The third-order valence-corrected chi connectivity index (χ3v) is 5.86. The van der Waals surface area contributed by atoms with E-state index in [-0.39, 0.29) is 17.8 Å². The number of thiophene rings is 1. The molecule has 2 fully saturated rings. The minimum atomic E-state index is -0.153. The summed E-state index contributed by atoms with van der Waals surface area (Å²) in [6.07, 6.45) is 0.190. The second kappa shape index (κ2) is 7.23. The predicted molar refractivity (Wildman–Crippen MR) is 95.0 cm³/mol. The second-order valence-electron chi connectivity index (χ2n) is 6.80. The molecule has 1 N–H and O–H groups in total. The fraction of sp³-hybridized carbons (Fsp3) is 0.421. The third kappa shape index (κ3) is 3.61. The maximum Gasteiger partial charge on any atom is 0.252 e. The van der Waals surface area contributed by atoms with Gasteiger partial charge in [-0.05, 0) is 17.5 Å². The van der Waals surface area contributed by atoms with E-state index in [0.29, 0.717) is 37.1 Å². The fourth-order valence-corrected chi connectivity index (χ4v) is 4.44. The number of hydrogen-bond acceptors (Lipinski definition) is 4. The highest BCUT2D eigenvalue weighted by atomic mass is 32.1. The van der Waals surface area contributed by atoms with Crippen molar-refractivity contribution in [3.8, 4) is 0 Å². The van der Waals surface area contributed by atoms with E-state index in [9.17, 15) is 9.18 Å². The maximum absolute atomic E-state index is 13.8. The first kappa shape index (κ1) is 16.7. The Balaban J connectivity index is 1.32. The van der Waals surface area contributed by atoms with E-state index in [0.717, 1.165) is 18.7 Å². The average molecular weight is 360 g/mol. The molecule has 0 saturated carbocycles. The van der Waals surface area contributed by atoms with Crippen molar-refractivity contribution in [3.63, 3.8) is 0 Å². The van der Waals surface area contributed by atoms with Crippen molar-refractivity contribution < 1.29 is 13.9 Å². The summed E-state index contributed by atoms with van der Waals surface area (Å²) in [6.45, 7) is 3.64. The van der Waals surface area contributed by atoms with Crippen LogP contribution in [0.5, 0.6) is 0 Å². The molecule has 3 atom stereocenters. The van der Waals surface area contributed by atoms with Gasteiger partial charge in [0.25, 0.3) is 5.91 Å². The number of fused-ring (bicyclic) bond motifs is 1. The SMILES string of the molecule is O=C(NC[C@@H]1CO[C@@H]2CN(Cc3ccccc3F)C[C@H]12)c1ccsc1. The molecule has 2 saturated heterocycles. The van der Waals surface area contributed by atoms with Gasteiger partial charge in [-0.2, -0.15) is 11.3 Å². The third-order valence-electron chi connectivity index (χ3n) is 5.17. The zero-order valence-electron chi connectivity index (χ0n) is 13.9. The lowest BCUT2D eigenvalue weighted by Gasteiger charge is -2.20. The molecule has 25 heavy (non-hydrogen) atoms. The van der Waals surface area contributed by atoms with Gasteiger partial charge in [-0.3, -0.25) is 9.69 Å². The molecular formula is C19H21FN2O2S. The monoisotopic (exact) mass is 360 g/mol. The predicted octanol–water partition coefficient (Wildman–Crippen LogP) is 2.76. The molecule has 0 bridgehead atoms. The van der Waals surface area contributed by atoms with Crippen LogP contribution in [0, 0.1) is 17.7 Å². The lowest BCUT2D eigenvalue weighted by molar-refractivity contribution is 0.0903. The van der Waals surface area contributed by atoms with Crippen LogP contribution >= 0.6 is 11.3 Å². The Morgan fingerprint density at radius 3 is 3.00 bits per heavy atom. The zero-order chi connectivity index (χ0) is 17.2. The van der Waals surface area contributed by atoms with Gasteiger partial charge < -0.3 is 10.1 Å². The Hall–Kier alpha value is -1.76. The van der Waals surface area contributed by atoms with Crippen molar-refractivity contribution in [1.29, 1.82) is 0 Å². The highest BCUT2D eigenvalue weighted by Gasteiger charge is 2.43. The van der Waals surface area contributed by atoms with Crippen LogP contribution in [0.15, 0.2) is 41.1 Å². The maximum atomic E-state index is 13.8. The summed E-state index contributed by atoms with van der Waals surface area (Å²) >= 11 is 1.52. The Labute approximate surface area is 150 Å². The number of likely N-dealkylation sites (tertiary alicyclic amines) is 1. The molecular weight excluding hydrogens is 339 g/mol. The molecule has 6 heteroatoms. The minimum absolute atomic E-state index is 0.0223. The van der Waals surface area contributed by atoms with Crippen molar-refractivity contribution in [2.75, 3.05) is 26.2 Å². The number of benzene rings is 1. The topological polar surface area (TPSA) is 41.6 Å². The molecule has 2 aliphatic rings. The van der Waals surface area contributed by atoms with Crippen LogP contribution in [0.25, 0.3) is 0 Å². The van der Waals surface area contributed by atoms with Crippen LogP contribution in [-0.4, -0.2) is 43.2 Å². The van der Waals surface area contributed by atoms with E-state index in [1.54, 1.807) is 6.07 Å². The van der Waals surface area contributed by atoms with E-state index < -0.39 is 0 Å². The van der Waals surface area contributed by atoms with Crippen molar-refractivity contribution in [3.05, 3.63) is 58.0 Å². The van der Waals surface area contributed by atoms with Crippen LogP contribution < -0.4 is 5.32 Å². The largest absolute Gasteiger partial charge is 0.376 e. The number of rotatable bonds is 5. The number of hydrogen-bond donors (Lipinski definition) is 1. The summed E-state index contributed by atoms with van der Waals surface area (Å²) in [5.74, 6) is 0.540. The Morgan fingerprint density at radius 1 is 1.32 bits per heavy atom. The van der Waals surface area contributed by atoms with Crippen LogP contribution in [0.2, 0.25) is 0 Å². The van der Waals surface area contributed by atoms with Gasteiger partial charge in [0.2, 0.25) is 0 Å². The van der Waals surface area contributed by atoms with Crippen LogP contribution in [0.1, 0.15) is 15.9 Å². The fourth-order valence-electron chi connectivity index (χ4n) is 3.81. The molecule has 1 amide bonds. The minimum Gasteiger partial charge on any atom is -0.376 e. The molecule has 2 aliphatic heterocycles. The van der Waals surface area contributed by atoms with E-state index in [2.05, 4.69) is 10.2 Å². The van der Waals surface area contributed by atoms with Gasteiger partial charge in [0.1, 0.15) is 5.82 Å². The number of carbonyl (C=O) groups is 1. The van der Waals surface area contributed by atoms with Crippen LogP contribution in [0.4, 0.5) is 4.39 Å². The Morgan fingerprint density at radius 2 is 2.20 bits per heavy atom. The number of nitrogens with one attached hydrogen (secondary N) is 1. The molecule has 3 heterocycles. The molecule has 0 radical (unpaired) electrons. The Kier molecular flexibility index (Phi) is 4.83. The zero-order valence-corrected chi connectivity index (χ0v) is 14.7. The molecule has 132 valence electrons. The molecule has 0 spiro atoms. The number of ether oxygens (including phenoxy) is 1. The first-order valence-corrected chi connectivity index (χ1v) is 9.53. The van der Waals surface area contributed by atoms with Crippen molar-refractivity contribution in [2.45, 2.75) is 12.6 Å². The summed E-state index contributed by atoms with van der Waals surface area (Å²) in [7, 11) is 0. The first-order chi connectivity index (χ1) is 12.2. The van der Waals surface area contributed by atoms with Gasteiger partial charge >= 0.3 is 0 Å². The van der Waals surface area contributed by atoms with E-state index in [1.807, 2.05) is 29.0 Å². The van der Waals surface area contributed by atoms with Gasteiger partial charge in [-0.15, -0.1) is 0 Å². The van der Waals surface area contributed by atoms with E-state index in [1.165, 1.54) is 17.4 Å². The molecule has 0 unspecified atom stereocenters. The lowest BCUT2D eigenvalue weighted by atomic mass is 9.93. The van der Waals surface area contributed by atoms with Crippen LogP contribution in [0.3, 0.4) is 0 Å². The summed E-state index contributed by atoms with van der Waals surface area (Å²) in [6, 6.07) is 8.76. The number of nitrogens with zero attached hydrogens (tertiary/aromatic N) is 1. The molecule has 0 aliphatic carbocycles. The normalized spacial score (nSPS) is 25.9. The standard InChI is InChI=1S/C19H21FN2O2S/c20-17-4-2-1-3-13(17)8-22-9-16-15(11-24-18(16)10-22)7-21-19(23)14-5-6-25-12-14/h1-6,12,15-16,18H,7-11H2,(H,21,23)/t15-,16-,18-/m1/s1. The van der Waals surface area contributed by atoms with E-state index >= 15 is 0 Å². The van der Waals surface area contributed by atoms with Gasteiger partial charge in [-0.25, -0.2) is 4.39 Å². The number of amides is 1. The second-order valence-corrected chi connectivity index (χ2v) is 7.58. The average Bonchev–Trinajstić information content (AvgIpc) is 3.32. The molecule has 1 aromatic carbocycles. The molecule has 4 nitrogen and oxygen atoms in total. The van der Waals surface area contributed by atoms with Gasteiger partial charge in [0.15, 0.2) is 0 Å². The lowest BCUT2D eigenvalue weighted by Crippen LogP contribution is -2.34. The van der Waals surface area contributed by atoms with Crippen molar-refractivity contribution in [2.24, 2.45) is 11.8 Å². The number of carbonyl (C=O) groups excluding carboxylic acids is 1. The van der Waals surface area contributed by atoms with Crippen LogP contribution in [-0.2, 0) is 11.3 Å².